The molecule has 3 aromatic rings. The summed E-state index contributed by atoms with van der Waals surface area (Å²) >= 11 is 18.2. The van der Waals surface area contributed by atoms with E-state index in [-0.39, 0.29) is 11.8 Å². The van der Waals surface area contributed by atoms with Crippen LogP contribution in [0.4, 0.5) is 5.69 Å². The minimum atomic E-state index is -1.15. The first-order valence-electron chi connectivity index (χ1n) is 9.61. The molecular formula is C24H14BrCl2NO2. The molecule has 0 N–H and O–H groups in total. The molecule has 0 saturated carbocycles. The molecule has 4 aliphatic rings. The van der Waals surface area contributed by atoms with Gasteiger partial charge in [-0.15, -0.1) is 23.2 Å². The molecule has 0 spiro atoms. The lowest BCUT2D eigenvalue weighted by molar-refractivity contribution is -0.122. The van der Waals surface area contributed by atoms with Gasteiger partial charge < -0.3 is 0 Å². The molecule has 2 bridgehead atoms. The molecule has 30 heavy (non-hydrogen) atoms. The fraction of sp³-hybridized carbons (Fsp3) is 0.167. The van der Waals surface area contributed by atoms with Gasteiger partial charge in [0.05, 0.1) is 17.5 Å². The van der Waals surface area contributed by atoms with Crippen LogP contribution in [-0.4, -0.2) is 11.8 Å². The fourth-order valence-electron chi connectivity index (χ4n) is 5.54. The summed E-state index contributed by atoms with van der Waals surface area (Å²) in [6.07, 6.45) is 0. The van der Waals surface area contributed by atoms with Crippen molar-refractivity contribution in [2.75, 3.05) is 4.90 Å². The van der Waals surface area contributed by atoms with E-state index in [9.17, 15) is 9.59 Å². The molecule has 1 saturated heterocycles. The Morgan fingerprint density at radius 2 is 1.13 bits per heavy atom. The van der Waals surface area contributed by atoms with Gasteiger partial charge in [0.1, 0.15) is 9.75 Å². The van der Waals surface area contributed by atoms with Crippen LogP contribution in [0.3, 0.4) is 0 Å². The van der Waals surface area contributed by atoms with Gasteiger partial charge in [-0.1, -0.05) is 70.5 Å². The topological polar surface area (TPSA) is 37.4 Å². The zero-order valence-electron chi connectivity index (χ0n) is 15.5. The third kappa shape index (κ3) is 1.98. The quantitative estimate of drug-likeness (QED) is 0.326. The largest absolute Gasteiger partial charge is 0.274 e. The van der Waals surface area contributed by atoms with E-state index in [2.05, 4.69) is 15.9 Å². The molecule has 1 heterocycles. The molecule has 3 aromatic carbocycles. The lowest BCUT2D eigenvalue weighted by atomic mass is 9.54. The molecule has 1 aliphatic heterocycles. The van der Waals surface area contributed by atoms with Crippen LogP contribution < -0.4 is 4.90 Å². The fourth-order valence-corrected chi connectivity index (χ4v) is 7.02. The molecule has 0 radical (unpaired) electrons. The second kappa shape index (κ2) is 5.97. The van der Waals surface area contributed by atoms with E-state index in [1.54, 1.807) is 18.2 Å². The van der Waals surface area contributed by atoms with Crippen LogP contribution in [0, 0.1) is 11.8 Å². The minimum Gasteiger partial charge on any atom is -0.274 e. The number of imide groups is 1. The average Bonchev–Trinajstić information content (AvgIpc) is 3.03. The molecule has 2 atom stereocenters. The molecule has 3 aliphatic carbocycles. The zero-order valence-corrected chi connectivity index (χ0v) is 18.6. The Kier molecular flexibility index (Phi) is 3.70. The summed E-state index contributed by atoms with van der Waals surface area (Å²) in [4.78, 5) is 26.5. The molecule has 3 nitrogen and oxygen atoms in total. The average molecular weight is 499 g/mol. The molecule has 2 amide bonds. The van der Waals surface area contributed by atoms with Crippen molar-refractivity contribution in [3.8, 4) is 0 Å². The highest BCUT2D eigenvalue weighted by atomic mass is 79.9. The number of benzene rings is 3. The highest BCUT2D eigenvalue weighted by Crippen LogP contribution is 2.69. The van der Waals surface area contributed by atoms with E-state index < -0.39 is 21.6 Å². The van der Waals surface area contributed by atoms with Crippen molar-refractivity contribution in [3.63, 3.8) is 0 Å². The van der Waals surface area contributed by atoms with Crippen LogP contribution in [-0.2, 0) is 19.3 Å². The predicted molar refractivity (Wildman–Crippen MR) is 120 cm³/mol. The van der Waals surface area contributed by atoms with Crippen molar-refractivity contribution in [1.82, 2.24) is 0 Å². The summed E-state index contributed by atoms with van der Waals surface area (Å²) in [6, 6.07) is 22.4. The summed E-state index contributed by atoms with van der Waals surface area (Å²) in [5, 5.41) is 0. The summed E-state index contributed by atoms with van der Waals surface area (Å²) in [6.45, 7) is 0. The van der Waals surface area contributed by atoms with Crippen LogP contribution in [0.2, 0.25) is 0 Å². The van der Waals surface area contributed by atoms with E-state index in [1.807, 2.05) is 54.6 Å². The first-order chi connectivity index (χ1) is 14.4. The van der Waals surface area contributed by atoms with E-state index in [1.165, 1.54) is 4.90 Å². The third-order valence-corrected chi connectivity index (χ3v) is 8.43. The number of hydrogen-bond donors (Lipinski definition) is 0. The Morgan fingerprint density at radius 1 is 0.700 bits per heavy atom. The zero-order chi connectivity index (χ0) is 20.8. The number of amides is 2. The van der Waals surface area contributed by atoms with Gasteiger partial charge in [0.15, 0.2) is 0 Å². The summed E-state index contributed by atoms with van der Waals surface area (Å²) in [7, 11) is 0. The van der Waals surface area contributed by atoms with Crippen LogP contribution in [0.5, 0.6) is 0 Å². The second-order valence-electron chi connectivity index (χ2n) is 7.96. The third-order valence-electron chi connectivity index (χ3n) is 6.65. The van der Waals surface area contributed by atoms with Crippen molar-refractivity contribution in [2.45, 2.75) is 9.75 Å². The molecule has 0 unspecified atom stereocenters. The van der Waals surface area contributed by atoms with Crippen LogP contribution in [0.1, 0.15) is 22.3 Å². The first-order valence-corrected chi connectivity index (χ1v) is 11.2. The number of carbonyl (C=O) groups is 2. The maximum atomic E-state index is 13.8. The Balaban J connectivity index is 1.67. The van der Waals surface area contributed by atoms with Crippen molar-refractivity contribution < 1.29 is 9.59 Å². The number of rotatable bonds is 1. The SMILES string of the molecule is O=C1[C@@H]2[C@@H](C(=O)N1c1cccc(Br)c1)C1(Cl)c3ccccc3C2(Cl)c2ccccc21. The normalized spacial score (nSPS) is 30.8. The van der Waals surface area contributed by atoms with Gasteiger partial charge in [-0.2, -0.15) is 0 Å². The van der Waals surface area contributed by atoms with Crippen molar-refractivity contribution >= 4 is 56.6 Å². The van der Waals surface area contributed by atoms with Gasteiger partial charge in [-0.25, -0.2) is 4.90 Å². The maximum absolute atomic E-state index is 13.8. The smallest absolute Gasteiger partial charge is 0.240 e. The van der Waals surface area contributed by atoms with Crippen LogP contribution >= 0.6 is 39.1 Å². The number of anilines is 1. The van der Waals surface area contributed by atoms with Crippen molar-refractivity contribution in [1.29, 1.82) is 0 Å². The Hall–Kier alpha value is -2.14. The lowest BCUT2D eigenvalue weighted by Crippen LogP contribution is -2.57. The molecule has 6 heteroatoms. The van der Waals surface area contributed by atoms with E-state index in [0.717, 1.165) is 26.7 Å². The van der Waals surface area contributed by atoms with Crippen LogP contribution in [0.15, 0.2) is 77.3 Å². The van der Waals surface area contributed by atoms with Gasteiger partial charge in [-0.3, -0.25) is 9.59 Å². The molecule has 148 valence electrons. The van der Waals surface area contributed by atoms with Gasteiger partial charge in [-0.05, 0) is 40.5 Å². The van der Waals surface area contributed by atoms with Gasteiger partial charge in [0.2, 0.25) is 11.8 Å². The summed E-state index contributed by atoms with van der Waals surface area (Å²) in [5.41, 5.74) is 3.73. The van der Waals surface area contributed by atoms with Gasteiger partial charge >= 0.3 is 0 Å². The Bertz CT molecular complexity index is 1150. The molecule has 1 fully saturated rings. The van der Waals surface area contributed by atoms with E-state index in [0.29, 0.717) is 5.69 Å². The highest BCUT2D eigenvalue weighted by Gasteiger charge is 2.73. The predicted octanol–water partition coefficient (Wildman–Crippen LogP) is 5.55. The number of hydrogen-bond acceptors (Lipinski definition) is 2. The number of nitrogens with zero attached hydrogens (tertiary/aromatic N) is 1. The number of alkyl halides is 2. The number of halogens is 3. The molecular weight excluding hydrogens is 485 g/mol. The van der Waals surface area contributed by atoms with Crippen molar-refractivity contribution in [2.24, 2.45) is 11.8 Å². The van der Waals surface area contributed by atoms with Crippen molar-refractivity contribution in [3.05, 3.63) is 99.5 Å². The van der Waals surface area contributed by atoms with E-state index in [4.69, 9.17) is 23.2 Å². The van der Waals surface area contributed by atoms with Gasteiger partial charge in [0, 0.05) is 4.47 Å². The maximum Gasteiger partial charge on any atom is 0.240 e. The summed E-state index contributed by atoms with van der Waals surface area (Å²) < 4.78 is 0.784. The lowest BCUT2D eigenvalue weighted by Gasteiger charge is -2.54. The molecule has 7 rings (SSSR count). The van der Waals surface area contributed by atoms with Gasteiger partial charge in [0.25, 0.3) is 0 Å². The summed E-state index contributed by atoms with van der Waals surface area (Å²) in [5.74, 6) is -2.19. The Morgan fingerprint density at radius 3 is 1.53 bits per heavy atom. The Labute approximate surface area is 191 Å². The van der Waals surface area contributed by atoms with Crippen LogP contribution in [0.25, 0.3) is 0 Å². The number of carbonyl (C=O) groups excluding carboxylic acids is 2. The molecule has 0 aromatic heterocycles. The minimum absolute atomic E-state index is 0.313. The second-order valence-corrected chi connectivity index (χ2v) is 10.1. The van der Waals surface area contributed by atoms with E-state index >= 15 is 0 Å². The highest BCUT2D eigenvalue weighted by molar-refractivity contribution is 9.10. The first kappa shape index (κ1) is 18.6. The standard InChI is InChI=1S/C24H14BrCl2NO2/c25-13-6-5-7-14(12-13)28-21(29)19-20(22(28)30)24(27)16-9-2-1-8-15(16)23(19,26)17-10-3-4-11-18(17)24/h1-12,19-20H/t19-,20-,23?,24?/m0/s1. The monoisotopic (exact) mass is 497 g/mol.